The van der Waals surface area contributed by atoms with Crippen molar-refractivity contribution in [2.45, 2.75) is 24.7 Å². The summed E-state index contributed by atoms with van der Waals surface area (Å²) < 4.78 is 1.96. The lowest BCUT2D eigenvalue weighted by Crippen LogP contribution is -2.28. The van der Waals surface area contributed by atoms with Crippen molar-refractivity contribution in [1.29, 1.82) is 0 Å². The van der Waals surface area contributed by atoms with E-state index in [4.69, 9.17) is 11.6 Å². The predicted molar refractivity (Wildman–Crippen MR) is 114 cm³/mol. The number of halogens is 1. The van der Waals surface area contributed by atoms with Gasteiger partial charge in [0.15, 0.2) is 11.0 Å². The number of allylic oxidation sites excluding steroid dienone is 1. The van der Waals surface area contributed by atoms with E-state index >= 15 is 0 Å². The molecule has 1 heterocycles. The molecule has 0 radical (unpaired) electrons. The summed E-state index contributed by atoms with van der Waals surface area (Å²) in [6.07, 6.45) is 1.79. The number of thioether (sulfide) groups is 1. The van der Waals surface area contributed by atoms with Gasteiger partial charge in [-0.2, -0.15) is 0 Å². The van der Waals surface area contributed by atoms with Gasteiger partial charge in [-0.1, -0.05) is 78.0 Å². The van der Waals surface area contributed by atoms with Crippen molar-refractivity contribution in [3.63, 3.8) is 0 Å². The third kappa shape index (κ3) is 4.82. The monoisotopic (exact) mass is 412 g/mol. The SMILES string of the molecule is C=CCn1c(SCC(=O)N[C@@H](C)c2ccccc2Cl)nnc1-c1ccccc1. The molecule has 0 fully saturated rings. The van der Waals surface area contributed by atoms with E-state index in [0.29, 0.717) is 16.7 Å². The summed E-state index contributed by atoms with van der Waals surface area (Å²) in [7, 11) is 0. The first-order valence-corrected chi connectivity index (χ1v) is 10.2. The maximum Gasteiger partial charge on any atom is 0.230 e. The van der Waals surface area contributed by atoms with E-state index in [2.05, 4.69) is 22.1 Å². The zero-order valence-corrected chi connectivity index (χ0v) is 17.1. The lowest BCUT2D eigenvalue weighted by Gasteiger charge is -2.15. The molecule has 7 heteroatoms. The van der Waals surface area contributed by atoms with Gasteiger partial charge >= 0.3 is 0 Å². The molecule has 3 aromatic rings. The first kappa shape index (κ1) is 20.2. The largest absolute Gasteiger partial charge is 0.349 e. The summed E-state index contributed by atoms with van der Waals surface area (Å²) in [5, 5.41) is 12.9. The topological polar surface area (TPSA) is 59.8 Å². The molecule has 1 aromatic heterocycles. The first-order valence-electron chi connectivity index (χ1n) is 8.86. The third-order valence-electron chi connectivity index (χ3n) is 4.14. The van der Waals surface area contributed by atoms with Crippen LogP contribution in [-0.4, -0.2) is 26.4 Å². The highest BCUT2D eigenvalue weighted by molar-refractivity contribution is 7.99. The van der Waals surface area contributed by atoms with E-state index in [9.17, 15) is 4.79 Å². The van der Waals surface area contributed by atoms with Gasteiger partial charge in [-0.25, -0.2) is 0 Å². The molecule has 0 unspecified atom stereocenters. The van der Waals surface area contributed by atoms with Crippen LogP contribution in [0.15, 0.2) is 72.4 Å². The van der Waals surface area contributed by atoms with Crippen LogP contribution in [0, 0.1) is 0 Å². The van der Waals surface area contributed by atoms with Crippen molar-refractivity contribution in [2.24, 2.45) is 0 Å². The molecule has 1 N–H and O–H groups in total. The Morgan fingerprint density at radius 3 is 2.64 bits per heavy atom. The second kappa shape index (κ2) is 9.57. The molecule has 0 bridgehead atoms. The molecule has 3 rings (SSSR count). The van der Waals surface area contributed by atoms with Crippen LogP contribution < -0.4 is 5.32 Å². The number of hydrogen-bond acceptors (Lipinski definition) is 4. The summed E-state index contributed by atoms with van der Waals surface area (Å²) in [5.74, 6) is 0.901. The van der Waals surface area contributed by atoms with Crippen molar-refractivity contribution >= 4 is 29.3 Å². The number of carbonyl (C=O) groups is 1. The van der Waals surface area contributed by atoms with Crippen LogP contribution in [0.25, 0.3) is 11.4 Å². The number of rotatable bonds is 8. The Balaban J connectivity index is 1.67. The van der Waals surface area contributed by atoms with Crippen LogP contribution in [0.3, 0.4) is 0 Å². The van der Waals surface area contributed by atoms with E-state index in [1.165, 1.54) is 11.8 Å². The van der Waals surface area contributed by atoms with Crippen LogP contribution in [0.2, 0.25) is 5.02 Å². The fourth-order valence-corrected chi connectivity index (χ4v) is 3.87. The number of aromatic nitrogens is 3. The standard InChI is InChI=1S/C21H21ClN4OS/c1-3-13-26-20(16-9-5-4-6-10-16)24-25-21(26)28-14-19(27)23-15(2)17-11-7-8-12-18(17)22/h3-12,15H,1,13-14H2,2H3,(H,23,27)/t15-/m0/s1. The van der Waals surface area contributed by atoms with E-state index < -0.39 is 0 Å². The summed E-state index contributed by atoms with van der Waals surface area (Å²) in [5.41, 5.74) is 1.86. The molecule has 1 amide bonds. The van der Waals surface area contributed by atoms with Gasteiger partial charge in [0, 0.05) is 17.1 Å². The maximum absolute atomic E-state index is 12.4. The highest BCUT2D eigenvalue weighted by Gasteiger charge is 2.16. The summed E-state index contributed by atoms with van der Waals surface area (Å²) in [6, 6.07) is 17.2. The van der Waals surface area contributed by atoms with Crippen molar-refractivity contribution in [3.8, 4) is 11.4 Å². The van der Waals surface area contributed by atoms with Gasteiger partial charge in [-0.15, -0.1) is 16.8 Å². The summed E-state index contributed by atoms with van der Waals surface area (Å²) in [6.45, 7) is 6.29. The minimum absolute atomic E-state index is 0.0909. The maximum atomic E-state index is 12.4. The van der Waals surface area contributed by atoms with E-state index in [0.717, 1.165) is 17.0 Å². The lowest BCUT2D eigenvalue weighted by atomic mass is 10.1. The lowest BCUT2D eigenvalue weighted by molar-refractivity contribution is -0.119. The highest BCUT2D eigenvalue weighted by Crippen LogP contribution is 2.25. The fourth-order valence-electron chi connectivity index (χ4n) is 2.81. The molecule has 0 saturated carbocycles. The molecule has 144 valence electrons. The Morgan fingerprint density at radius 1 is 1.21 bits per heavy atom. The Morgan fingerprint density at radius 2 is 1.93 bits per heavy atom. The normalized spacial score (nSPS) is 11.8. The second-order valence-corrected chi connectivity index (χ2v) is 7.52. The van der Waals surface area contributed by atoms with Gasteiger partial charge < -0.3 is 5.32 Å². The number of nitrogens with zero attached hydrogens (tertiary/aromatic N) is 3. The Hall–Kier alpha value is -2.57. The number of benzene rings is 2. The molecule has 0 spiro atoms. The Bertz CT molecular complexity index is 958. The molecule has 0 aliphatic carbocycles. The molecule has 2 aromatic carbocycles. The average Bonchev–Trinajstić information content (AvgIpc) is 3.10. The number of amides is 1. The Labute approximate surface area is 173 Å². The number of carbonyl (C=O) groups excluding carboxylic acids is 1. The van der Waals surface area contributed by atoms with Gasteiger partial charge in [0.1, 0.15) is 0 Å². The minimum Gasteiger partial charge on any atom is -0.349 e. The molecule has 0 saturated heterocycles. The summed E-state index contributed by atoms with van der Waals surface area (Å²) in [4.78, 5) is 12.4. The van der Waals surface area contributed by atoms with Crippen LogP contribution >= 0.6 is 23.4 Å². The van der Waals surface area contributed by atoms with Crippen molar-refractivity contribution < 1.29 is 4.79 Å². The average molecular weight is 413 g/mol. The van der Waals surface area contributed by atoms with Crippen molar-refractivity contribution in [1.82, 2.24) is 20.1 Å². The quantitative estimate of drug-likeness (QED) is 0.428. The molecular formula is C21H21ClN4OS. The van der Waals surface area contributed by atoms with Gasteiger partial charge in [0.05, 0.1) is 11.8 Å². The van der Waals surface area contributed by atoms with Crippen LogP contribution in [0.1, 0.15) is 18.5 Å². The van der Waals surface area contributed by atoms with Gasteiger partial charge in [-0.3, -0.25) is 9.36 Å². The van der Waals surface area contributed by atoms with Gasteiger partial charge in [0.2, 0.25) is 5.91 Å². The van der Waals surface area contributed by atoms with Crippen LogP contribution in [-0.2, 0) is 11.3 Å². The molecule has 0 aliphatic heterocycles. The van der Waals surface area contributed by atoms with E-state index in [1.54, 1.807) is 6.08 Å². The highest BCUT2D eigenvalue weighted by atomic mass is 35.5. The molecular weight excluding hydrogens is 392 g/mol. The minimum atomic E-state index is -0.173. The van der Waals surface area contributed by atoms with Crippen molar-refractivity contribution in [2.75, 3.05) is 5.75 Å². The second-order valence-electron chi connectivity index (χ2n) is 6.17. The fraction of sp³-hybridized carbons (Fsp3) is 0.190. The zero-order valence-electron chi connectivity index (χ0n) is 15.5. The van der Waals surface area contributed by atoms with E-state index in [-0.39, 0.29) is 17.7 Å². The number of nitrogens with one attached hydrogen (secondary N) is 1. The zero-order chi connectivity index (χ0) is 19.9. The smallest absolute Gasteiger partial charge is 0.230 e. The summed E-state index contributed by atoms with van der Waals surface area (Å²) >= 11 is 7.55. The molecule has 1 atom stereocenters. The molecule has 0 aliphatic rings. The van der Waals surface area contributed by atoms with Gasteiger partial charge in [-0.05, 0) is 18.6 Å². The first-order chi connectivity index (χ1) is 13.6. The van der Waals surface area contributed by atoms with Crippen molar-refractivity contribution in [3.05, 3.63) is 77.8 Å². The Kier molecular flexibility index (Phi) is 6.90. The van der Waals surface area contributed by atoms with Gasteiger partial charge in [0.25, 0.3) is 0 Å². The van der Waals surface area contributed by atoms with Crippen LogP contribution in [0.5, 0.6) is 0 Å². The molecule has 5 nitrogen and oxygen atoms in total. The third-order valence-corrected chi connectivity index (χ3v) is 5.45. The number of hydrogen-bond donors (Lipinski definition) is 1. The van der Waals surface area contributed by atoms with Crippen LogP contribution in [0.4, 0.5) is 0 Å². The van der Waals surface area contributed by atoms with E-state index in [1.807, 2.05) is 66.1 Å². The predicted octanol–water partition coefficient (Wildman–Crippen LogP) is 4.75. The molecule has 28 heavy (non-hydrogen) atoms.